The van der Waals surface area contributed by atoms with Gasteiger partial charge >= 0.3 is 0 Å². The standard InChI is InChI=1S/C23H29N3/c1-17-6-2-3-7-20(17)19-12-10-18(11-13-19)16-26-22-9-5-4-8-21(22)25-23(26)14-15-24/h4-5,8-13,17,20H,2-3,6-7,14-16,24H2,1H3/t17-,20?/m1/s1. The molecule has 3 aromatic rings. The Bertz CT molecular complexity index is 863. The molecule has 0 bridgehead atoms. The smallest absolute Gasteiger partial charge is 0.111 e. The van der Waals surface area contributed by atoms with E-state index in [9.17, 15) is 0 Å². The number of imidazole rings is 1. The van der Waals surface area contributed by atoms with E-state index < -0.39 is 0 Å². The molecular formula is C23H29N3. The van der Waals surface area contributed by atoms with Gasteiger partial charge in [-0.05, 0) is 48.1 Å². The largest absolute Gasteiger partial charge is 0.330 e. The van der Waals surface area contributed by atoms with Crippen molar-refractivity contribution in [1.82, 2.24) is 9.55 Å². The van der Waals surface area contributed by atoms with Crippen LogP contribution in [0.15, 0.2) is 48.5 Å². The van der Waals surface area contributed by atoms with Crippen LogP contribution in [0.2, 0.25) is 0 Å². The Labute approximate surface area is 156 Å². The van der Waals surface area contributed by atoms with E-state index in [1.807, 2.05) is 6.07 Å². The van der Waals surface area contributed by atoms with Crippen LogP contribution in [0.1, 0.15) is 55.5 Å². The van der Waals surface area contributed by atoms with Crippen LogP contribution < -0.4 is 5.73 Å². The van der Waals surface area contributed by atoms with Gasteiger partial charge < -0.3 is 10.3 Å². The van der Waals surface area contributed by atoms with E-state index in [2.05, 4.69) is 54.0 Å². The highest BCUT2D eigenvalue weighted by Gasteiger charge is 2.22. The average molecular weight is 348 g/mol. The molecule has 0 amide bonds. The lowest BCUT2D eigenvalue weighted by Crippen LogP contribution is -2.15. The first kappa shape index (κ1) is 17.3. The van der Waals surface area contributed by atoms with Crippen molar-refractivity contribution in [3.05, 3.63) is 65.5 Å². The summed E-state index contributed by atoms with van der Waals surface area (Å²) in [4.78, 5) is 4.78. The molecular weight excluding hydrogens is 318 g/mol. The highest BCUT2D eigenvalue weighted by Crippen LogP contribution is 2.37. The van der Waals surface area contributed by atoms with Crippen LogP contribution in [0.25, 0.3) is 11.0 Å². The number of hydrogen-bond acceptors (Lipinski definition) is 2. The van der Waals surface area contributed by atoms with Gasteiger partial charge in [0.05, 0.1) is 11.0 Å². The van der Waals surface area contributed by atoms with E-state index in [-0.39, 0.29) is 0 Å². The third-order valence-corrected chi connectivity index (χ3v) is 5.96. The predicted octanol–water partition coefficient (Wildman–Crippen LogP) is 4.88. The molecule has 1 aliphatic carbocycles. The Morgan fingerprint density at radius 3 is 2.58 bits per heavy atom. The molecule has 0 saturated heterocycles. The lowest BCUT2D eigenvalue weighted by molar-refractivity contribution is 0.330. The van der Waals surface area contributed by atoms with Crippen molar-refractivity contribution >= 4 is 11.0 Å². The summed E-state index contributed by atoms with van der Waals surface area (Å²) in [6.07, 6.45) is 6.29. The molecule has 1 aliphatic rings. The monoisotopic (exact) mass is 347 g/mol. The molecule has 26 heavy (non-hydrogen) atoms. The van der Waals surface area contributed by atoms with E-state index in [0.717, 1.165) is 36.1 Å². The van der Waals surface area contributed by atoms with Crippen LogP contribution in [-0.2, 0) is 13.0 Å². The van der Waals surface area contributed by atoms with Crippen LogP contribution in [-0.4, -0.2) is 16.1 Å². The molecule has 1 heterocycles. The van der Waals surface area contributed by atoms with Gasteiger partial charge in [0.15, 0.2) is 0 Å². The molecule has 0 radical (unpaired) electrons. The Balaban J connectivity index is 1.59. The number of rotatable bonds is 5. The SMILES string of the molecule is C[C@@H]1CCCCC1c1ccc(Cn2c(CCN)nc3ccccc32)cc1. The summed E-state index contributed by atoms with van der Waals surface area (Å²) in [7, 11) is 0. The molecule has 1 saturated carbocycles. The summed E-state index contributed by atoms with van der Waals surface area (Å²) in [6.45, 7) is 3.90. The number of para-hydroxylation sites is 2. The van der Waals surface area contributed by atoms with Gasteiger partial charge in [-0.3, -0.25) is 0 Å². The van der Waals surface area contributed by atoms with E-state index in [4.69, 9.17) is 10.7 Å². The molecule has 1 fully saturated rings. The number of nitrogens with zero attached hydrogens (tertiary/aromatic N) is 2. The summed E-state index contributed by atoms with van der Waals surface area (Å²) in [5, 5.41) is 0. The highest BCUT2D eigenvalue weighted by molar-refractivity contribution is 5.76. The highest BCUT2D eigenvalue weighted by atomic mass is 15.1. The maximum absolute atomic E-state index is 5.81. The molecule has 4 rings (SSSR count). The van der Waals surface area contributed by atoms with E-state index in [1.54, 1.807) is 0 Å². The summed E-state index contributed by atoms with van der Waals surface area (Å²) in [5.41, 5.74) is 10.9. The molecule has 1 unspecified atom stereocenters. The minimum Gasteiger partial charge on any atom is -0.330 e. The van der Waals surface area contributed by atoms with Crippen LogP contribution in [0.4, 0.5) is 0 Å². The lowest BCUT2D eigenvalue weighted by atomic mass is 9.76. The molecule has 2 N–H and O–H groups in total. The normalized spacial score (nSPS) is 20.5. The first-order valence-corrected chi connectivity index (χ1v) is 9.99. The quantitative estimate of drug-likeness (QED) is 0.715. The first-order chi connectivity index (χ1) is 12.8. The van der Waals surface area contributed by atoms with E-state index in [1.165, 1.54) is 42.3 Å². The molecule has 0 spiro atoms. The van der Waals surface area contributed by atoms with Crippen LogP contribution >= 0.6 is 0 Å². The zero-order chi connectivity index (χ0) is 17.9. The summed E-state index contributed by atoms with van der Waals surface area (Å²) >= 11 is 0. The fourth-order valence-electron chi connectivity index (χ4n) is 4.49. The summed E-state index contributed by atoms with van der Waals surface area (Å²) in [6, 6.07) is 17.7. The Kier molecular flexibility index (Phi) is 5.07. The summed E-state index contributed by atoms with van der Waals surface area (Å²) in [5.74, 6) is 2.63. The van der Waals surface area contributed by atoms with Gasteiger partial charge in [-0.15, -0.1) is 0 Å². The van der Waals surface area contributed by atoms with Crippen molar-refractivity contribution in [2.45, 2.75) is 51.5 Å². The van der Waals surface area contributed by atoms with Gasteiger partial charge in [-0.1, -0.05) is 62.6 Å². The number of hydrogen-bond donors (Lipinski definition) is 1. The molecule has 2 aromatic carbocycles. The minimum atomic E-state index is 0.627. The lowest BCUT2D eigenvalue weighted by Gasteiger charge is -2.29. The second kappa shape index (κ2) is 7.63. The van der Waals surface area contributed by atoms with Crippen molar-refractivity contribution in [2.24, 2.45) is 11.7 Å². The average Bonchev–Trinajstić information content (AvgIpc) is 3.01. The fourth-order valence-corrected chi connectivity index (χ4v) is 4.49. The first-order valence-electron chi connectivity index (χ1n) is 9.99. The van der Waals surface area contributed by atoms with Crippen LogP contribution in [0.5, 0.6) is 0 Å². The van der Waals surface area contributed by atoms with Crippen molar-refractivity contribution in [3.63, 3.8) is 0 Å². The maximum Gasteiger partial charge on any atom is 0.111 e. The van der Waals surface area contributed by atoms with Gasteiger partial charge in [-0.25, -0.2) is 4.98 Å². The second-order valence-electron chi connectivity index (χ2n) is 7.75. The van der Waals surface area contributed by atoms with Crippen molar-refractivity contribution in [2.75, 3.05) is 6.54 Å². The van der Waals surface area contributed by atoms with Crippen molar-refractivity contribution < 1.29 is 0 Å². The number of nitrogens with two attached hydrogens (primary N) is 1. The molecule has 136 valence electrons. The molecule has 0 aliphatic heterocycles. The zero-order valence-corrected chi connectivity index (χ0v) is 15.7. The zero-order valence-electron chi connectivity index (χ0n) is 15.7. The molecule has 3 heteroatoms. The van der Waals surface area contributed by atoms with Gasteiger partial charge in [0, 0.05) is 13.0 Å². The van der Waals surface area contributed by atoms with Gasteiger partial charge in [-0.2, -0.15) is 0 Å². The van der Waals surface area contributed by atoms with Gasteiger partial charge in [0.25, 0.3) is 0 Å². The van der Waals surface area contributed by atoms with Crippen molar-refractivity contribution in [3.8, 4) is 0 Å². The molecule has 2 atom stereocenters. The van der Waals surface area contributed by atoms with E-state index >= 15 is 0 Å². The fraction of sp³-hybridized carbons (Fsp3) is 0.435. The van der Waals surface area contributed by atoms with Crippen LogP contribution in [0, 0.1) is 5.92 Å². The summed E-state index contributed by atoms with van der Waals surface area (Å²) < 4.78 is 2.32. The number of benzene rings is 2. The Morgan fingerprint density at radius 2 is 1.81 bits per heavy atom. The topological polar surface area (TPSA) is 43.8 Å². The van der Waals surface area contributed by atoms with Gasteiger partial charge in [0.2, 0.25) is 0 Å². The third kappa shape index (κ3) is 3.41. The van der Waals surface area contributed by atoms with Crippen LogP contribution in [0.3, 0.4) is 0 Å². The Hall–Kier alpha value is -2.13. The third-order valence-electron chi connectivity index (χ3n) is 5.96. The second-order valence-corrected chi connectivity index (χ2v) is 7.75. The van der Waals surface area contributed by atoms with E-state index in [0.29, 0.717) is 6.54 Å². The number of fused-ring (bicyclic) bond motifs is 1. The van der Waals surface area contributed by atoms with Crippen molar-refractivity contribution in [1.29, 1.82) is 0 Å². The maximum atomic E-state index is 5.81. The van der Waals surface area contributed by atoms with Gasteiger partial charge in [0.1, 0.15) is 5.82 Å². The number of aromatic nitrogens is 2. The Morgan fingerprint density at radius 1 is 1.04 bits per heavy atom. The molecule has 3 nitrogen and oxygen atoms in total. The predicted molar refractivity (Wildman–Crippen MR) is 108 cm³/mol. The molecule has 1 aromatic heterocycles. The minimum absolute atomic E-state index is 0.627.